The van der Waals surface area contributed by atoms with Gasteiger partial charge in [-0.1, -0.05) is 22.0 Å². The molecular weight excluding hydrogens is 382 g/mol. The first-order chi connectivity index (χ1) is 11.4. The second kappa shape index (κ2) is 7.55. The summed E-state index contributed by atoms with van der Waals surface area (Å²) in [5.41, 5.74) is 2.46. The lowest BCUT2D eigenvalue weighted by atomic mass is 10.2. The van der Waals surface area contributed by atoms with Gasteiger partial charge in [-0.15, -0.1) is 0 Å². The van der Waals surface area contributed by atoms with Gasteiger partial charge in [0.25, 0.3) is 11.6 Å². The Morgan fingerprint density at radius 2 is 2.17 bits per heavy atom. The number of hydrazone groups is 1. The third kappa shape index (κ3) is 4.07. The van der Waals surface area contributed by atoms with Gasteiger partial charge in [-0.05, 0) is 18.2 Å². The average molecular weight is 394 g/mol. The van der Waals surface area contributed by atoms with Crippen LogP contribution in [-0.2, 0) is 0 Å². The number of ether oxygens (including phenoxy) is 1. The first kappa shape index (κ1) is 17.4. The van der Waals surface area contributed by atoms with Crippen LogP contribution in [0.1, 0.15) is 15.9 Å². The van der Waals surface area contributed by atoms with E-state index in [2.05, 4.69) is 26.5 Å². The number of nitro groups is 1. The molecule has 0 atom stereocenters. The standard InChI is InChI=1S/C15H12BrN3O5/c1-24-13-7-11(16)5-10(14(13)20)8-17-18-15(21)9-3-2-4-12(6-9)19(22)23/h2-8,20H,1H3,(H,18,21)/b17-8-. The van der Waals surface area contributed by atoms with Gasteiger partial charge in [-0.25, -0.2) is 5.43 Å². The largest absolute Gasteiger partial charge is 0.504 e. The molecule has 0 unspecified atom stereocenters. The van der Waals surface area contributed by atoms with Crippen molar-refractivity contribution in [3.8, 4) is 11.5 Å². The number of methoxy groups -OCH3 is 1. The summed E-state index contributed by atoms with van der Waals surface area (Å²) in [5, 5.41) is 24.4. The van der Waals surface area contributed by atoms with E-state index in [1.807, 2.05) is 0 Å². The fourth-order valence-electron chi connectivity index (χ4n) is 1.83. The first-order valence-corrected chi connectivity index (χ1v) is 7.36. The molecule has 124 valence electrons. The third-order valence-corrected chi connectivity index (χ3v) is 3.44. The van der Waals surface area contributed by atoms with Crippen LogP contribution >= 0.6 is 15.9 Å². The van der Waals surface area contributed by atoms with Crippen molar-refractivity contribution in [1.82, 2.24) is 5.43 Å². The summed E-state index contributed by atoms with van der Waals surface area (Å²) in [6.45, 7) is 0. The molecule has 2 rings (SSSR count). The number of hydrogen-bond donors (Lipinski definition) is 2. The predicted molar refractivity (Wildman–Crippen MR) is 90.5 cm³/mol. The van der Waals surface area contributed by atoms with Crippen molar-refractivity contribution in [1.29, 1.82) is 0 Å². The molecule has 0 aliphatic rings. The van der Waals surface area contributed by atoms with Crippen molar-refractivity contribution in [3.63, 3.8) is 0 Å². The lowest BCUT2D eigenvalue weighted by Gasteiger charge is -2.06. The molecule has 0 saturated carbocycles. The summed E-state index contributed by atoms with van der Waals surface area (Å²) >= 11 is 3.26. The second-order valence-electron chi connectivity index (χ2n) is 4.55. The Morgan fingerprint density at radius 3 is 2.83 bits per heavy atom. The third-order valence-electron chi connectivity index (χ3n) is 2.98. The molecule has 1 amide bonds. The van der Waals surface area contributed by atoms with Gasteiger partial charge in [0.1, 0.15) is 0 Å². The Labute approximate surface area is 145 Å². The van der Waals surface area contributed by atoms with Crippen molar-refractivity contribution < 1.29 is 19.6 Å². The van der Waals surface area contributed by atoms with Crippen LogP contribution in [0.25, 0.3) is 0 Å². The van der Waals surface area contributed by atoms with Crippen molar-refractivity contribution in [2.75, 3.05) is 7.11 Å². The van der Waals surface area contributed by atoms with Crippen molar-refractivity contribution >= 4 is 33.7 Å². The number of nitrogens with zero attached hydrogens (tertiary/aromatic N) is 2. The molecule has 2 aromatic rings. The molecule has 0 spiro atoms. The maximum absolute atomic E-state index is 11.9. The van der Waals surface area contributed by atoms with Gasteiger partial charge in [0, 0.05) is 27.7 Å². The second-order valence-corrected chi connectivity index (χ2v) is 5.47. The SMILES string of the molecule is COc1cc(Br)cc(/C=N\NC(=O)c2cccc([N+](=O)[O-])c2)c1O. The number of nitro benzene ring substituents is 1. The van der Waals surface area contributed by atoms with E-state index in [4.69, 9.17) is 4.74 Å². The predicted octanol–water partition coefficient (Wildman–Crippen LogP) is 2.84. The lowest BCUT2D eigenvalue weighted by molar-refractivity contribution is -0.384. The molecule has 0 aromatic heterocycles. The van der Waals surface area contributed by atoms with Gasteiger partial charge in [0.05, 0.1) is 18.2 Å². The molecule has 0 aliphatic heterocycles. The van der Waals surface area contributed by atoms with Gasteiger partial charge >= 0.3 is 0 Å². The highest BCUT2D eigenvalue weighted by atomic mass is 79.9. The average Bonchev–Trinajstić information content (AvgIpc) is 2.57. The molecule has 9 heteroatoms. The maximum Gasteiger partial charge on any atom is 0.271 e. The van der Waals surface area contributed by atoms with Crippen LogP contribution < -0.4 is 10.2 Å². The smallest absolute Gasteiger partial charge is 0.271 e. The van der Waals surface area contributed by atoms with Crippen LogP contribution in [0.3, 0.4) is 0 Å². The molecule has 8 nitrogen and oxygen atoms in total. The summed E-state index contributed by atoms with van der Waals surface area (Å²) in [7, 11) is 1.41. The minimum atomic E-state index is -0.614. The Hall–Kier alpha value is -2.94. The van der Waals surface area contributed by atoms with Crippen LogP contribution in [0, 0.1) is 10.1 Å². The van der Waals surface area contributed by atoms with Crippen LogP contribution in [0.5, 0.6) is 11.5 Å². The van der Waals surface area contributed by atoms with Crippen molar-refractivity contribution in [2.24, 2.45) is 5.10 Å². The number of amides is 1. The van der Waals surface area contributed by atoms with Crippen LogP contribution in [0.4, 0.5) is 5.69 Å². The molecule has 0 saturated heterocycles. The molecule has 24 heavy (non-hydrogen) atoms. The number of carbonyl (C=O) groups excluding carboxylic acids is 1. The molecule has 2 aromatic carbocycles. The van der Waals surface area contributed by atoms with E-state index in [1.54, 1.807) is 12.1 Å². The highest BCUT2D eigenvalue weighted by Gasteiger charge is 2.11. The molecule has 0 fully saturated rings. The summed E-state index contributed by atoms with van der Waals surface area (Å²) < 4.78 is 5.66. The minimum absolute atomic E-state index is 0.0948. The van der Waals surface area contributed by atoms with Crippen molar-refractivity contribution in [2.45, 2.75) is 0 Å². The summed E-state index contributed by atoms with van der Waals surface area (Å²) in [4.78, 5) is 22.1. The highest BCUT2D eigenvalue weighted by molar-refractivity contribution is 9.10. The van der Waals surface area contributed by atoms with E-state index >= 15 is 0 Å². The molecular formula is C15H12BrN3O5. The Morgan fingerprint density at radius 1 is 1.42 bits per heavy atom. The van der Waals surface area contributed by atoms with Gasteiger partial charge < -0.3 is 9.84 Å². The molecule has 0 radical (unpaired) electrons. The summed E-state index contributed by atoms with van der Waals surface area (Å²) in [5.74, 6) is -0.499. The van der Waals surface area contributed by atoms with Gasteiger partial charge in [-0.2, -0.15) is 5.10 Å². The van der Waals surface area contributed by atoms with E-state index < -0.39 is 10.8 Å². The maximum atomic E-state index is 11.9. The normalized spacial score (nSPS) is 10.6. The number of aromatic hydroxyl groups is 1. The Bertz CT molecular complexity index is 823. The van der Waals surface area contributed by atoms with Crippen LogP contribution in [0.15, 0.2) is 46.0 Å². The minimum Gasteiger partial charge on any atom is -0.504 e. The van der Waals surface area contributed by atoms with E-state index in [0.717, 1.165) is 6.07 Å². The Kier molecular flexibility index (Phi) is 5.48. The van der Waals surface area contributed by atoms with Crippen LogP contribution in [-0.4, -0.2) is 29.3 Å². The topological polar surface area (TPSA) is 114 Å². The molecule has 0 bridgehead atoms. The number of carbonyl (C=O) groups is 1. The zero-order valence-corrected chi connectivity index (χ0v) is 14.0. The molecule has 2 N–H and O–H groups in total. The number of non-ortho nitro benzene ring substituents is 1. The zero-order chi connectivity index (χ0) is 17.7. The van der Waals surface area contributed by atoms with E-state index in [-0.39, 0.29) is 22.7 Å². The zero-order valence-electron chi connectivity index (χ0n) is 12.4. The number of halogens is 1. The van der Waals surface area contributed by atoms with E-state index in [1.165, 1.54) is 31.5 Å². The van der Waals surface area contributed by atoms with Gasteiger partial charge in [0.2, 0.25) is 0 Å². The Balaban J connectivity index is 2.14. The number of phenolic OH excluding ortho intramolecular Hbond substituents is 1. The molecule has 0 aliphatic carbocycles. The van der Waals surface area contributed by atoms with Crippen LogP contribution in [0.2, 0.25) is 0 Å². The van der Waals surface area contributed by atoms with E-state index in [9.17, 15) is 20.0 Å². The fraction of sp³-hybridized carbons (Fsp3) is 0.0667. The number of nitrogens with one attached hydrogen (secondary N) is 1. The van der Waals surface area contributed by atoms with Crippen molar-refractivity contribution in [3.05, 3.63) is 62.1 Å². The number of phenols is 1. The summed E-state index contributed by atoms with van der Waals surface area (Å²) in [6.07, 6.45) is 1.23. The number of hydrogen-bond acceptors (Lipinski definition) is 6. The number of benzene rings is 2. The van der Waals surface area contributed by atoms with Gasteiger partial charge in [-0.3, -0.25) is 14.9 Å². The lowest BCUT2D eigenvalue weighted by Crippen LogP contribution is -2.17. The van der Waals surface area contributed by atoms with Gasteiger partial charge in [0.15, 0.2) is 11.5 Å². The first-order valence-electron chi connectivity index (χ1n) is 6.56. The van der Waals surface area contributed by atoms with E-state index in [0.29, 0.717) is 10.0 Å². The fourth-order valence-corrected chi connectivity index (χ4v) is 2.29. The molecule has 0 heterocycles. The quantitative estimate of drug-likeness (QED) is 0.460. The summed E-state index contributed by atoms with van der Waals surface area (Å²) in [6, 6.07) is 8.42. The highest BCUT2D eigenvalue weighted by Crippen LogP contribution is 2.32. The monoisotopic (exact) mass is 393 g/mol. The number of rotatable bonds is 5.